The Kier molecular flexibility index (Phi) is 4.52. The van der Waals surface area contributed by atoms with E-state index in [9.17, 15) is 9.90 Å². The number of aliphatic hydroxyl groups is 1. The Hall–Kier alpha value is -1.35. The van der Waals surface area contributed by atoms with Crippen molar-refractivity contribution in [2.24, 2.45) is 0 Å². The molecule has 0 fully saturated rings. The zero-order valence-corrected chi connectivity index (χ0v) is 11.8. The van der Waals surface area contributed by atoms with Crippen LogP contribution in [-0.2, 0) is 4.79 Å². The standard InChI is InChI=1S/C15H22O3/c1-8-9(2)11(4)15(12(5)10(8)3)13(16)6-7-14(17)18/h13,16H,6-7H2,1-5H3,(H,17,18)/t13-/m1/s1. The number of hydrogen-bond acceptors (Lipinski definition) is 2. The number of aliphatic carboxylic acids is 1. The molecule has 1 aromatic rings. The van der Waals surface area contributed by atoms with E-state index >= 15 is 0 Å². The molecule has 0 aliphatic carbocycles. The highest BCUT2D eigenvalue weighted by Crippen LogP contribution is 2.32. The molecule has 1 atom stereocenters. The summed E-state index contributed by atoms with van der Waals surface area (Å²) in [5.41, 5.74) is 6.67. The normalized spacial score (nSPS) is 12.6. The number of carbonyl (C=O) groups is 1. The second-order valence-electron chi connectivity index (χ2n) is 4.99. The molecule has 0 saturated heterocycles. The number of aliphatic hydroxyl groups excluding tert-OH is 1. The van der Waals surface area contributed by atoms with Crippen LogP contribution in [0.25, 0.3) is 0 Å². The van der Waals surface area contributed by atoms with E-state index in [-0.39, 0.29) is 12.8 Å². The largest absolute Gasteiger partial charge is 0.481 e. The van der Waals surface area contributed by atoms with E-state index in [0.29, 0.717) is 0 Å². The van der Waals surface area contributed by atoms with E-state index in [0.717, 1.165) is 16.7 Å². The summed E-state index contributed by atoms with van der Waals surface area (Å²) >= 11 is 0. The molecule has 1 rings (SSSR count). The van der Waals surface area contributed by atoms with Gasteiger partial charge < -0.3 is 10.2 Å². The predicted octanol–water partition coefficient (Wildman–Crippen LogP) is 3.13. The molecule has 0 aromatic heterocycles. The van der Waals surface area contributed by atoms with Gasteiger partial charge in [0, 0.05) is 6.42 Å². The molecule has 0 unspecified atom stereocenters. The van der Waals surface area contributed by atoms with Gasteiger partial charge in [-0.25, -0.2) is 0 Å². The van der Waals surface area contributed by atoms with Crippen molar-refractivity contribution in [1.29, 1.82) is 0 Å². The first-order valence-electron chi connectivity index (χ1n) is 6.24. The number of rotatable bonds is 4. The third-order valence-corrected chi connectivity index (χ3v) is 4.02. The molecular formula is C15H22O3. The molecule has 0 amide bonds. The van der Waals surface area contributed by atoms with Crippen molar-refractivity contribution in [1.82, 2.24) is 0 Å². The molecule has 0 spiro atoms. The van der Waals surface area contributed by atoms with Crippen LogP contribution < -0.4 is 0 Å². The molecule has 3 heteroatoms. The monoisotopic (exact) mass is 250 g/mol. The van der Waals surface area contributed by atoms with Gasteiger partial charge in [0.15, 0.2) is 0 Å². The zero-order chi connectivity index (χ0) is 14.0. The minimum Gasteiger partial charge on any atom is -0.481 e. The maximum atomic E-state index is 10.6. The van der Waals surface area contributed by atoms with E-state index in [1.165, 1.54) is 16.7 Å². The van der Waals surface area contributed by atoms with Gasteiger partial charge in [0.1, 0.15) is 0 Å². The average molecular weight is 250 g/mol. The van der Waals surface area contributed by atoms with Crippen LogP contribution in [0, 0.1) is 34.6 Å². The lowest BCUT2D eigenvalue weighted by Crippen LogP contribution is -2.09. The fourth-order valence-corrected chi connectivity index (χ4v) is 2.43. The van der Waals surface area contributed by atoms with Crippen LogP contribution in [0.2, 0.25) is 0 Å². The van der Waals surface area contributed by atoms with Gasteiger partial charge in [-0.05, 0) is 74.4 Å². The molecule has 0 bridgehead atoms. The summed E-state index contributed by atoms with van der Waals surface area (Å²) in [7, 11) is 0. The lowest BCUT2D eigenvalue weighted by Gasteiger charge is -2.22. The van der Waals surface area contributed by atoms with Gasteiger partial charge in [0.25, 0.3) is 0 Å². The summed E-state index contributed by atoms with van der Waals surface area (Å²) < 4.78 is 0. The van der Waals surface area contributed by atoms with Crippen LogP contribution in [-0.4, -0.2) is 16.2 Å². The fourth-order valence-electron chi connectivity index (χ4n) is 2.43. The minimum absolute atomic E-state index is 0.00792. The Morgan fingerprint density at radius 2 is 1.33 bits per heavy atom. The van der Waals surface area contributed by atoms with Crippen LogP contribution in [0.4, 0.5) is 0 Å². The minimum atomic E-state index is -0.870. The van der Waals surface area contributed by atoms with Crippen molar-refractivity contribution in [2.45, 2.75) is 53.6 Å². The molecular weight excluding hydrogens is 228 g/mol. The lowest BCUT2D eigenvalue weighted by molar-refractivity contribution is -0.137. The van der Waals surface area contributed by atoms with Crippen molar-refractivity contribution in [3.63, 3.8) is 0 Å². The van der Waals surface area contributed by atoms with E-state index in [1.807, 2.05) is 27.7 Å². The fraction of sp³-hybridized carbons (Fsp3) is 0.533. The third-order valence-electron chi connectivity index (χ3n) is 4.02. The number of hydrogen-bond donors (Lipinski definition) is 2. The Bertz CT molecular complexity index is 446. The van der Waals surface area contributed by atoms with Crippen molar-refractivity contribution >= 4 is 5.97 Å². The first-order valence-corrected chi connectivity index (χ1v) is 6.24. The van der Waals surface area contributed by atoms with Gasteiger partial charge in [0.2, 0.25) is 0 Å². The molecule has 0 radical (unpaired) electrons. The molecule has 1 aromatic carbocycles. The molecule has 18 heavy (non-hydrogen) atoms. The topological polar surface area (TPSA) is 57.5 Å². The Balaban J connectivity index is 3.20. The van der Waals surface area contributed by atoms with Crippen LogP contribution in [0.1, 0.15) is 52.3 Å². The third kappa shape index (κ3) is 2.72. The van der Waals surface area contributed by atoms with Gasteiger partial charge in [0.05, 0.1) is 6.10 Å². The highest BCUT2D eigenvalue weighted by Gasteiger charge is 2.19. The van der Waals surface area contributed by atoms with E-state index in [2.05, 4.69) is 6.92 Å². The van der Waals surface area contributed by atoms with Gasteiger partial charge in [-0.2, -0.15) is 0 Å². The predicted molar refractivity (Wildman–Crippen MR) is 72.0 cm³/mol. The first kappa shape index (κ1) is 14.7. The van der Waals surface area contributed by atoms with Crippen molar-refractivity contribution in [3.05, 3.63) is 33.4 Å². The van der Waals surface area contributed by atoms with E-state index in [4.69, 9.17) is 5.11 Å². The summed E-state index contributed by atoms with van der Waals surface area (Å²) in [5, 5.41) is 18.9. The van der Waals surface area contributed by atoms with Crippen LogP contribution in [0.5, 0.6) is 0 Å². The Labute approximate surface area is 108 Å². The molecule has 0 aliphatic heterocycles. The molecule has 0 saturated carbocycles. The molecule has 0 aliphatic rings. The van der Waals surface area contributed by atoms with Crippen molar-refractivity contribution < 1.29 is 15.0 Å². The SMILES string of the molecule is Cc1c(C)c(C)c([C@H](O)CCC(=O)O)c(C)c1C. The van der Waals surface area contributed by atoms with Gasteiger partial charge in [-0.15, -0.1) is 0 Å². The Morgan fingerprint density at radius 3 is 1.72 bits per heavy atom. The van der Waals surface area contributed by atoms with Gasteiger partial charge >= 0.3 is 5.97 Å². The second-order valence-corrected chi connectivity index (χ2v) is 4.99. The molecule has 3 nitrogen and oxygen atoms in total. The number of carboxylic acids is 1. The molecule has 2 N–H and O–H groups in total. The Morgan fingerprint density at radius 1 is 0.944 bits per heavy atom. The summed E-state index contributed by atoms with van der Waals surface area (Å²) in [4.78, 5) is 10.6. The zero-order valence-electron chi connectivity index (χ0n) is 11.8. The molecule has 100 valence electrons. The second kappa shape index (κ2) is 5.53. The summed E-state index contributed by atoms with van der Waals surface area (Å²) in [6, 6.07) is 0. The average Bonchev–Trinajstić information content (AvgIpc) is 2.31. The summed E-state index contributed by atoms with van der Waals surface area (Å²) in [6.07, 6.45) is -0.440. The highest BCUT2D eigenvalue weighted by atomic mass is 16.4. The summed E-state index contributed by atoms with van der Waals surface area (Å²) in [5.74, 6) is -0.870. The van der Waals surface area contributed by atoms with Crippen LogP contribution in [0.3, 0.4) is 0 Å². The quantitative estimate of drug-likeness (QED) is 0.863. The van der Waals surface area contributed by atoms with E-state index < -0.39 is 12.1 Å². The van der Waals surface area contributed by atoms with Gasteiger partial charge in [-0.1, -0.05) is 0 Å². The molecule has 0 heterocycles. The van der Waals surface area contributed by atoms with E-state index in [1.54, 1.807) is 0 Å². The van der Waals surface area contributed by atoms with Crippen molar-refractivity contribution in [2.75, 3.05) is 0 Å². The van der Waals surface area contributed by atoms with Crippen molar-refractivity contribution in [3.8, 4) is 0 Å². The summed E-state index contributed by atoms with van der Waals surface area (Å²) in [6.45, 7) is 10.2. The van der Waals surface area contributed by atoms with Gasteiger partial charge in [-0.3, -0.25) is 4.79 Å². The van der Waals surface area contributed by atoms with Crippen LogP contribution >= 0.6 is 0 Å². The smallest absolute Gasteiger partial charge is 0.303 e. The maximum Gasteiger partial charge on any atom is 0.303 e. The number of carboxylic acid groups (broad SMARTS) is 1. The maximum absolute atomic E-state index is 10.6. The number of benzene rings is 1. The lowest BCUT2D eigenvalue weighted by atomic mass is 9.86. The first-order chi connectivity index (χ1) is 8.27. The van der Waals surface area contributed by atoms with Crippen LogP contribution in [0.15, 0.2) is 0 Å². The highest BCUT2D eigenvalue weighted by molar-refractivity contribution is 5.66.